The van der Waals surface area contributed by atoms with Crippen molar-refractivity contribution in [3.63, 3.8) is 0 Å². The Labute approximate surface area is 114 Å². The second-order valence-electron chi connectivity index (χ2n) is 4.12. The largest absolute Gasteiger partial charge is 0.339 e. The van der Waals surface area contributed by atoms with E-state index in [0.717, 1.165) is 11.3 Å². The van der Waals surface area contributed by atoms with Crippen molar-refractivity contribution >= 4 is 22.6 Å². The van der Waals surface area contributed by atoms with Gasteiger partial charge in [-0.2, -0.15) is 5.26 Å². The molecule has 0 amide bonds. The van der Waals surface area contributed by atoms with E-state index in [-0.39, 0.29) is 0 Å². The number of aromatic nitrogens is 3. The van der Waals surface area contributed by atoms with Gasteiger partial charge >= 0.3 is 0 Å². The van der Waals surface area contributed by atoms with Gasteiger partial charge in [-0.25, -0.2) is 9.97 Å². The molecule has 3 aromatic rings. The second-order valence-corrected chi connectivity index (χ2v) is 4.48. The number of benzene rings is 1. The quantitative estimate of drug-likeness (QED) is 0.637. The highest BCUT2D eigenvalue weighted by Gasteiger charge is 2.19. The van der Waals surface area contributed by atoms with E-state index >= 15 is 0 Å². The summed E-state index contributed by atoms with van der Waals surface area (Å²) in [7, 11) is 1.86. The highest BCUT2D eigenvalue weighted by atomic mass is 35.5. The predicted molar refractivity (Wildman–Crippen MR) is 73.7 cm³/mol. The monoisotopic (exact) mass is 268 g/mol. The number of fused-ring (bicyclic) bond motifs is 1. The lowest BCUT2D eigenvalue weighted by molar-refractivity contribution is 0.970. The molecule has 3 rings (SSSR count). The molecule has 0 aliphatic rings. The Morgan fingerprint density at radius 1 is 1.21 bits per heavy atom. The number of aryl methyl sites for hydroxylation is 1. The maximum Gasteiger partial charge on any atom is 0.156 e. The number of rotatable bonds is 1. The number of hydrogen-bond acceptors (Lipinski definition) is 3. The Balaban J connectivity index is 2.47. The maximum absolute atomic E-state index is 9.42. The average Bonchev–Trinajstić information content (AvgIpc) is 2.73. The van der Waals surface area contributed by atoms with Gasteiger partial charge < -0.3 is 4.57 Å². The minimum atomic E-state index is 0.353. The van der Waals surface area contributed by atoms with Crippen molar-refractivity contribution in [2.45, 2.75) is 0 Å². The van der Waals surface area contributed by atoms with E-state index in [0.29, 0.717) is 21.7 Å². The molecule has 0 aliphatic heterocycles. The summed E-state index contributed by atoms with van der Waals surface area (Å²) in [5, 5.41) is 9.77. The van der Waals surface area contributed by atoms with Crippen molar-refractivity contribution in [3.8, 4) is 17.3 Å². The van der Waals surface area contributed by atoms with E-state index < -0.39 is 0 Å². The Morgan fingerprint density at radius 2 is 1.95 bits per heavy atom. The normalized spacial score (nSPS) is 10.6. The molecule has 0 bridgehead atoms. The lowest BCUT2D eigenvalue weighted by Crippen LogP contribution is -1.93. The third kappa shape index (κ3) is 1.67. The smallest absolute Gasteiger partial charge is 0.156 e. The van der Waals surface area contributed by atoms with Crippen molar-refractivity contribution in [2.75, 3.05) is 0 Å². The van der Waals surface area contributed by atoms with Crippen LogP contribution in [0.2, 0.25) is 5.15 Å². The van der Waals surface area contributed by atoms with Gasteiger partial charge in [-0.1, -0.05) is 41.9 Å². The predicted octanol–water partition coefficient (Wildman–Crippen LogP) is 3.16. The van der Waals surface area contributed by atoms with E-state index in [9.17, 15) is 5.26 Å². The zero-order valence-corrected chi connectivity index (χ0v) is 10.9. The van der Waals surface area contributed by atoms with Crippen LogP contribution in [0.5, 0.6) is 0 Å². The third-order valence-electron chi connectivity index (χ3n) is 3.08. The van der Waals surface area contributed by atoms with Gasteiger partial charge in [-0.3, -0.25) is 0 Å². The van der Waals surface area contributed by atoms with Crippen molar-refractivity contribution in [2.24, 2.45) is 7.05 Å². The molecule has 0 radical (unpaired) electrons. The van der Waals surface area contributed by atoms with Crippen LogP contribution in [0, 0.1) is 11.3 Å². The molecule has 0 unspecified atom stereocenters. The lowest BCUT2D eigenvalue weighted by atomic mass is 10.1. The number of halogens is 1. The summed E-state index contributed by atoms with van der Waals surface area (Å²) in [6, 6.07) is 11.9. The van der Waals surface area contributed by atoms with Crippen LogP contribution in [-0.4, -0.2) is 14.5 Å². The van der Waals surface area contributed by atoms with Gasteiger partial charge in [0.05, 0.1) is 5.69 Å². The fourth-order valence-corrected chi connectivity index (χ4v) is 2.53. The number of hydrogen-bond donors (Lipinski definition) is 0. The fraction of sp³-hybridized carbons (Fsp3) is 0.0714. The van der Waals surface area contributed by atoms with Crippen molar-refractivity contribution in [1.82, 2.24) is 14.5 Å². The van der Waals surface area contributed by atoms with Crippen molar-refractivity contribution < 1.29 is 0 Å². The van der Waals surface area contributed by atoms with Gasteiger partial charge in [0.25, 0.3) is 0 Å². The van der Waals surface area contributed by atoms with Crippen LogP contribution in [-0.2, 0) is 7.05 Å². The molecule has 0 saturated heterocycles. The van der Waals surface area contributed by atoms with E-state index in [4.69, 9.17) is 11.6 Å². The highest BCUT2D eigenvalue weighted by Crippen LogP contribution is 2.33. The SMILES string of the molecule is Cn1c(-c2ccccc2)c(C#N)c2ncnc(Cl)c21. The minimum Gasteiger partial charge on any atom is -0.339 e. The molecular weight excluding hydrogens is 260 g/mol. The van der Waals surface area contributed by atoms with Gasteiger partial charge in [0.2, 0.25) is 0 Å². The first-order chi connectivity index (χ1) is 9.24. The zero-order chi connectivity index (χ0) is 13.4. The lowest BCUT2D eigenvalue weighted by Gasteiger charge is -2.04. The first-order valence-electron chi connectivity index (χ1n) is 5.68. The summed E-state index contributed by atoms with van der Waals surface area (Å²) in [4.78, 5) is 8.16. The highest BCUT2D eigenvalue weighted by molar-refractivity contribution is 6.34. The zero-order valence-electron chi connectivity index (χ0n) is 10.1. The van der Waals surface area contributed by atoms with Crippen LogP contribution in [0.1, 0.15) is 5.56 Å². The van der Waals surface area contributed by atoms with Crippen LogP contribution < -0.4 is 0 Å². The first-order valence-corrected chi connectivity index (χ1v) is 6.06. The second kappa shape index (κ2) is 4.38. The molecule has 92 valence electrons. The van der Waals surface area contributed by atoms with Crippen LogP contribution in [0.25, 0.3) is 22.3 Å². The molecule has 0 spiro atoms. The molecule has 2 heterocycles. The number of nitrogens with zero attached hydrogens (tertiary/aromatic N) is 4. The van der Waals surface area contributed by atoms with Gasteiger partial charge in [-0.15, -0.1) is 0 Å². The minimum absolute atomic E-state index is 0.353. The maximum atomic E-state index is 9.42. The molecule has 0 atom stereocenters. The Hall–Kier alpha value is -2.38. The van der Waals surface area contributed by atoms with Crippen molar-refractivity contribution in [3.05, 3.63) is 47.4 Å². The Bertz CT molecular complexity index is 800. The summed E-state index contributed by atoms with van der Waals surface area (Å²) < 4.78 is 1.87. The van der Waals surface area contributed by atoms with Gasteiger partial charge in [-0.05, 0) is 5.56 Å². The molecule has 0 saturated carbocycles. The summed E-state index contributed by atoms with van der Waals surface area (Å²) in [5.41, 5.74) is 3.55. The van der Waals surface area contributed by atoms with Crippen LogP contribution in [0.3, 0.4) is 0 Å². The summed E-state index contributed by atoms with van der Waals surface area (Å²) in [6.45, 7) is 0. The summed E-state index contributed by atoms with van der Waals surface area (Å²) in [5.74, 6) is 0. The van der Waals surface area contributed by atoms with E-state index in [1.807, 2.05) is 41.9 Å². The molecule has 0 aliphatic carbocycles. The third-order valence-corrected chi connectivity index (χ3v) is 3.36. The van der Waals surface area contributed by atoms with Crippen LogP contribution in [0.15, 0.2) is 36.7 Å². The molecular formula is C14H9ClN4. The van der Waals surface area contributed by atoms with Gasteiger partial charge in [0, 0.05) is 7.05 Å². The van der Waals surface area contributed by atoms with E-state index in [1.165, 1.54) is 6.33 Å². The molecule has 2 aromatic heterocycles. The van der Waals surface area contributed by atoms with Crippen molar-refractivity contribution in [1.29, 1.82) is 5.26 Å². The molecule has 4 nitrogen and oxygen atoms in total. The molecule has 0 N–H and O–H groups in total. The van der Waals surface area contributed by atoms with Crippen LogP contribution >= 0.6 is 11.6 Å². The molecule has 19 heavy (non-hydrogen) atoms. The Kier molecular flexibility index (Phi) is 2.69. The van der Waals surface area contributed by atoms with Gasteiger partial charge in [0.1, 0.15) is 29.0 Å². The molecule has 1 aromatic carbocycles. The standard InChI is InChI=1S/C14H9ClN4/c1-19-12(9-5-3-2-4-6-9)10(7-16)11-13(19)14(15)18-8-17-11/h2-6,8H,1H3. The van der Waals surface area contributed by atoms with E-state index in [1.54, 1.807) is 0 Å². The fourth-order valence-electron chi connectivity index (χ4n) is 2.27. The van der Waals surface area contributed by atoms with E-state index in [2.05, 4.69) is 16.0 Å². The summed E-state index contributed by atoms with van der Waals surface area (Å²) in [6.07, 6.45) is 1.38. The topological polar surface area (TPSA) is 54.5 Å². The van der Waals surface area contributed by atoms with Gasteiger partial charge in [0.15, 0.2) is 5.15 Å². The number of nitriles is 1. The molecule has 0 fully saturated rings. The first kappa shape index (κ1) is 11.7. The average molecular weight is 269 g/mol. The molecule has 5 heteroatoms. The Morgan fingerprint density at radius 3 is 2.63 bits per heavy atom. The summed E-state index contributed by atoms with van der Waals surface area (Å²) >= 11 is 6.11. The van der Waals surface area contributed by atoms with Crippen LogP contribution in [0.4, 0.5) is 0 Å².